The minimum atomic E-state index is -1.50. The zero-order valence-electron chi connectivity index (χ0n) is 13.6. The van der Waals surface area contributed by atoms with Crippen LogP contribution in [0.15, 0.2) is 24.3 Å². The summed E-state index contributed by atoms with van der Waals surface area (Å²) in [5.74, 6) is 1.90. The van der Waals surface area contributed by atoms with Crippen LogP contribution in [0.5, 0.6) is 5.75 Å². The molecule has 0 unspecified atom stereocenters. The topological polar surface area (TPSA) is 24.5 Å². The summed E-state index contributed by atoms with van der Waals surface area (Å²) in [7, 11) is -1.50. The Morgan fingerprint density at radius 2 is 1.71 bits per heavy atom. The van der Waals surface area contributed by atoms with Gasteiger partial charge < -0.3 is 9.74 Å². The fourth-order valence-electron chi connectivity index (χ4n) is 3.24. The lowest BCUT2D eigenvalue weighted by Crippen LogP contribution is -2.45. The zero-order valence-corrected chi connectivity index (χ0v) is 14.6. The van der Waals surface area contributed by atoms with Gasteiger partial charge in [0, 0.05) is 32.2 Å². The van der Waals surface area contributed by atoms with Gasteiger partial charge >= 0.3 is 0 Å². The molecule has 4 heteroatoms. The van der Waals surface area contributed by atoms with E-state index in [0.717, 1.165) is 24.8 Å². The SMILES string of the molecule is C[Si](C)(C)Oc1ccc([C@@H](C2CC2)N2CCNCC2)cc1. The number of hydrogen-bond acceptors (Lipinski definition) is 3. The number of nitrogens with one attached hydrogen (secondary N) is 1. The number of rotatable bonds is 5. The Bertz CT molecular complexity index is 459. The fraction of sp³-hybridized carbons (Fsp3) is 0.647. The third-order valence-corrected chi connectivity index (χ3v) is 5.11. The van der Waals surface area contributed by atoms with E-state index in [-0.39, 0.29) is 0 Å². The van der Waals surface area contributed by atoms with Gasteiger partial charge in [-0.3, -0.25) is 4.90 Å². The molecule has 1 aromatic carbocycles. The van der Waals surface area contributed by atoms with E-state index < -0.39 is 8.32 Å². The number of piperazine rings is 1. The van der Waals surface area contributed by atoms with Crippen LogP contribution < -0.4 is 9.74 Å². The maximum absolute atomic E-state index is 6.07. The van der Waals surface area contributed by atoms with Gasteiger partial charge in [0.25, 0.3) is 0 Å². The summed E-state index contributed by atoms with van der Waals surface area (Å²) >= 11 is 0. The van der Waals surface area contributed by atoms with Crippen LogP contribution in [0.1, 0.15) is 24.4 Å². The largest absolute Gasteiger partial charge is 0.544 e. The summed E-state index contributed by atoms with van der Waals surface area (Å²) in [6, 6.07) is 9.55. The van der Waals surface area contributed by atoms with Gasteiger partial charge in [-0.15, -0.1) is 0 Å². The number of benzene rings is 1. The Balaban J connectivity index is 1.73. The van der Waals surface area contributed by atoms with E-state index in [1.165, 1.54) is 31.5 Å². The van der Waals surface area contributed by atoms with Gasteiger partial charge in [-0.25, -0.2) is 0 Å². The predicted molar refractivity (Wildman–Crippen MR) is 90.3 cm³/mol. The molecule has 1 saturated carbocycles. The van der Waals surface area contributed by atoms with E-state index in [1.807, 2.05) is 0 Å². The van der Waals surface area contributed by atoms with Crippen LogP contribution >= 0.6 is 0 Å². The van der Waals surface area contributed by atoms with Crippen molar-refractivity contribution in [2.45, 2.75) is 38.5 Å². The van der Waals surface area contributed by atoms with Crippen LogP contribution in [-0.4, -0.2) is 39.4 Å². The van der Waals surface area contributed by atoms with Crippen molar-refractivity contribution in [1.29, 1.82) is 0 Å². The van der Waals surface area contributed by atoms with Crippen molar-refractivity contribution in [2.24, 2.45) is 5.92 Å². The molecule has 1 N–H and O–H groups in total. The third kappa shape index (κ3) is 4.08. The molecule has 1 heterocycles. The highest BCUT2D eigenvalue weighted by atomic mass is 28.4. The summed E-state index contributed by atoms with van der Waals surface area (Å²) in [4.78, 5) is 2.67. The molecule has 3 rings (SSSR count). The maximum Gasteiger partial charge on any atom is 0.242 e. The molecular formula is C17H28N2OSi. The lowest BCUT2D eigenvalue weighted by molar-refractivity contribution is 0.156. The summed E-state index contributed by atoms with van der Waals surface area (Å²) in [5, 5.41) is 3.46. The highest BCUT2D eigenvalue weighted by molar-refractivity contribution is 6.70. The molecule has 1 aliphatic carbocycles. The van der Waals surface area contributed by atoms with Gasteiger partial charge in [0.2, 0.25) is 8.32 Å². The second-order valence-electron chi connectivity index (χ2n) is 7.35. The Kier molecular flexibility index (Phi) is 4.38. The molecule has 1 atom stereocenters. The molecule has 3 nitrogen and oxygen atoms in total. The number of hydrogen-bond donors (Lipinski definition) is 1. The van der Waals surface area contributed by atoms with Crippen molar-refractivity contribution in [3.05, 3.63) is 29.8 Å². The van der Waals surface area contributed by atoms with E-state index in [4.69, 9.17) is 4.43 Å². The maximum atomic E-state index is 6.07. The summed E-state index contributed by atoms with van der Waals surface area (Å²) in [6.07, 6.45) is 2.78. The van der Waals surface area contributed by atoms with Crippen molar-refractivity contribution < 1.29 is 4.43 Å². The molecule has 0 bridgehead atoms. The molecule has 2 aliphatic rings. The summed E-state index contributed by atoms with van der Waals surface area (Å²) in [6.45, 7) is 11.3. The van der Waals surface area contributed by atoms with Crippen molar-refractivity contribution in [3.8, 4) is 5.75 Å². The Morgan fingerprint density at radius 3 is 2.24 bits per heavy atom. The average molecular weight is 305 g/mol. The summed E-state index contributed by atoms with van der Waals surface area (Å²) in [5.41, 5.74) is 1.47. The first-order valence-electron chi connectivity index (χ1n) is 8.27. The highest BCUT2D eigenvalue weighted by Gasteiger charge is 2.36. The van der Waals surface area contributed by atoms with Crippen LogP contribution in [0.4, 0.5) is 0 Å². The Labute approximate surface area is 129 Å². The van der Waals surface area contributed by atoms with Crippen molar-refractivity contribution >= 4 is 8.32 Å². The average Bonchev–Trinajstić information content (AvgIpc) is 3.25. The minimum absolute atomic E-state index is 0.619. The van der Waals surface area contributed by atoms with Gasteiger partial charge in [0.1, 0.15) is 5.75 Å². The van der Waals surface area contributed by atoms with Gasteiger partial charge in [-0.05, 0) is 56.1 Å². The second kappa shape index (κ2) is 6.11. The van der Waals surface area contributed by atoms with E-state index >= 15 is 0 Å². The molecule has 0 spiro atoms. The minimum Gasteiger partial charge on any atom is -0.544 e. The smallest absolute Gasteiger partial charge is 0.242 e. The Hall–Kier alpha value is -0.843. The monoisotopic (exact) mass is 304 g/mol. The molecule has 0 amide bonds. The lowest BCUT2D eigenvalue weighted by Gasteiger charge is -2.35. The third-order valence-electron chi connectivity index (χ3n) is 4.26. The molecule has 0 aromatic heterocycles. The molecule has 116 valence electrons. The van der Waals surface area contributed by atoms with Crippen LogP contribution in [0.25, 0.3) is 0 Å². The second-order valence-corrected chi connectivity index (χ2v) is 11.8. The van der Waals surface area contributed by atoms with Crippen LogP contribution in [0.2, 0.25) is 19.6 Å². The zero-order chi connectivity index (χ0) is 14.9. The number of nitrogens with zero attached hydrogens (tertiary/aromatic N) is 1. The van der Waals surface area contributed by atoms with Gasteiger partial charge in [-0.1, -0.05) is 12.1 Å². The molecule has 1 aromatic rings. The normalized spacial score (nSPS) is 22.0. The standard InChI is InChI=1S/C17H28N2OSi/c1-21(2,3)20-16-8-6-15(7-9-16)17(14-4-5-14)19-12-10-18-11-13-19/h6-9,14,17-18H,4-5,10-13H2,1-3H3/t17-/m1/s1. The quantitative estimate of drug-likeness (QED) is 0.845. The Morgan fingerprint density at radius 1 is 1.10 bits per heavy atom. The fourth-order valence-corrected chi connectivity index (χ4v) is 4.08. The first kappa shape index (κ1) is 15.1. The summed E-state index contributed by atoms with van der Waals surface area (Å²) < 4.78 is 6.07. The van der Waals surface area contributed by atoms with Crippen LogP contribution in [0.3, 0.4) is 0 Å². The molecule has 21 heavy (non-hydrogen) atoms. The first-order chi connectivity index (χ1) is 10.0. The lowest BCUT2D eigenvalue weighted by atomic mass is 10.00. The molecule has 0 radical (unpaired) electrons. The van der Waals surface area contributed by atoms with Crippen LogP contribution in [0, 0.1) is 5.92 Å². The molecule has 2 fully saturated rings. The molecule has 1 aliphatic heterocycles. The van der Waals surface area contributed by atoms with Gasteiger partial charge in [0.15, 0.2) is 0 Å². The van der Waals surface area contributed by atoms with E-state index in [0.29, 0.717) is 6.04 Å². The van der Waals surface area contributed by atoms with Crippen molar-refractivity contribution in [1.82, 2.24) is 10.2 Å². The predicted octanol–water partition coefficient (Wildman–Crippen LogP) is 3.26. The van der Waals surface area contributed by atoms with Gasteiger partial charge in [-0.2, -0.15) is 0 Å². The van der Waals surface area contributed by atoms with E-state index in [2.05, 4.69) is 54.1 Å². The van der Waals surface area contributed by atoms with Crippen molar-refractivity contribution in [2.75, 3.05) is 26.2 Å². The molecule has 1 saturated heterocycles. The van der Waals surface area contributed by atoms with E-state index in [1.54, 1.807) is 0 Å². The first-order valence-corrected chi connectivity index (χ1v) is 11.7. The van der Waals surface area contributed by atoms with Crippen molar-refractivity contribution in [3.63, 3.8) is 0 Å². The van der Waals surface area contributed by atoms with Crippen LogP contribution in [-0.2, 0) is 0 Å². The van der Waals surface area contributed by atoms with Gasteiger partial charge in [0.05, 0.1) is 0 Å². The van der Waals surface area contributed by atoms with E-state index in [9.17, 15) is 0 Å². The highest BCUT2D eigenvalue weighted by Crippen LogP contribution is 2.44. The molecular weight excluding hydrogens is 276 g/mol.